The van der Waals surface area contributed by atoms with Crippen molar-refractivity contribution in [1.29, 1.82) is 0 Å². The van der Waals surface area contributed by atoms with E-state index in [1.165, 1.54) is 6.07 Å². The summed E-state index contributed by atoms with van der Waals surface area (Å²) >= 11 is 3.00. The molecule has 1 aliphatic rings. The lowest BCUT2D eigenvalue weighted by atomic mass is 10.2. The second-order valence-corrected chi connectivity index (χ2v) is 4.31. The van der Waals surface area contributed by atoms with Crippen LogP contribution in [0.15, 0.2) is 16.6 Å². The molecule has 6 heteroatoms. The molecule has 1 aromatic carbocycles. The average molecular weight is 275 g/mol. The van der Waals surface area contributed by atoms with Gasteiger partial charge in [0.05, 0.1) is 15.5 Å². The second kappa shape index (κ2) is 3.77. The van der Waals surface area contributed by atoms with Crippen LogP contribution in [0, 0.1) is 15.9 Å². The van der Waals surface area contributed by atoms with Crippen LogP contribution in [0.4, 0.5) is 15.8 Å². The van der Waals surface area contributed by atoms with Crippen LogP contribution in [0.3, 0.4) is 0 Å². The molecule has 0 bridgehead atoms. The molecule has 1 saturated carbocycles. The molecule has 0 spiro atoms. The van der Waals surface area contributed by atoms with Crippen LogP contribution in [0.1, 0.15) is 12.8 Å². The van der Waals surface area contributed by atoms with E-state index in [9.17, 15) is 14.5 Å². The van der Waals surface area contributed by atoms with Crippen molar-refractivity contribution in [2.75, 3.05) is 5.32 Å². The van der Waals surface area contributed by atoms with Gasteiger partial charge in [-0.3, -0.25) is 10.1 Å². The van der Waals surface area contributed by atoms with Gasteiger partial charge < -0.3 is 5.32 Å². The van der Waals surface area contributed by atoms with Gasteiger partial charge in [0, 0.05) is 6.04 Å². The Balaban J connectivity index is 2.39. The summed E-state index contributed by atoms with van der Waals surface area (Å²) in [5.74, 6) is -0.622. The van der Waals surface area contributed by atoms with E-state index in [0.717, 1.165) is 18.9 Å². The van der Waals surface area contributed by atoms with Gasteiger partial charge in [-0.25, -0.2) is 4.39 Å². The molecule has 4 nitrogen and oxygen atoms in total. The van der Waals surface area contributed by atoms with Gasteiger partial charge in [0.15, 0.2) is 0 Å². The zero-order valence-corrected chi connectivity index (χ0v) is 9.25. The molecule has 0 aliphatic heterocycles. The fourth-order valence-electron chi connectivity index (χ4n) is 1.25. The van der Waals surface area contributed by atoms with E-state index < -0.39 is 10.7 Å². The lowest BCUT2D eigenvalue weighted by molar-refractivity contribution is -0.384. The number of rotatable bonds is 3. The Morgan fingerprint density at radius 1 is 1.53 bits per heavy atom. The summed E-state index contributed by atoms with van der Waals surface area (Å²) in [5.41, 5.74) is 0.151. The standard InChI is InChI=1S/C9H8BrFN2O2/c10-6-3-8(12-5-1-2-5)9(13(14)15)4-7(6)11/h3-5,12H,1-2H2. The summed E-state index contributed by atoms with van der Waals surface area (Å²) in [6.45, 7) is 0. The van der Waals surface area contributed by atoms with Crippen LogP contribution in [0.25, 0.3) is 0 Å². The highest BCUT2D eigenvalue weighted by Gasteiger charge is 2.25. The summed E-state index contributed by atoms with van der Waals surface area (Å²) in [5, 5.41) is 13.7. The molecular formula is C9H8BrFN2O2. The van der Waals surface area contributed by atoms with E-state index in [0.29, 0.717) is 11.7 Å². The molecule has 1 aliphatic carbocycles. The maximum absolute atomic E-state index is 13.1. The summed E-state index contributed by atoms with van der Waals surface area (Å²) < 4.78 is 13.3. The van der Waals surface area contributed by atoms with Gasteiger partial charge in [0.25, 0.3) is 5.69 Å². The molecular weight excluding hydrogens is 267 g/mol. The van der Waals surface area contributed by atoms with E-state index in [1.54, 1.807) is 0 Å². The number of anilines is 1. The zero-order valence-electron chi connectivity index (χ0n) is 7.67. The minimum Gasteiger partial charge on any atom is -0.377 e. The average Bonchev–Trinajstić information content (AvgIpc) is 2.94. The molecule has 0 radical (unpaired) electrons. The number of nitrogens with zero attached hydrogens (tertiary/aromatic N) is 1. The maximum atomic E-state index is 13.1. The van der Waals surface area contributed by atoms with E-state index >= 15 is 0 Å². The van der Waals surface area contributed by atoms with E-state index in [4.69, 9.17) is 0 Å². The third kappa shape index (κ3) is 2.26. The van der Waals surface area contributed by atoms with Crippen molar-refractivity contribution >= 4 is 27.3 Å². The lowest BCUT2D eigenvalue weighted by Gasteiger charge is -2.06. The highest BCUT2D eigenvalue weighted by atomic mass is 79.9. The largest absolute Gasteiger partial charge is 0.377 e. The van der Waals surface area contributed by atoms with Crippen molar-refractivity contribution in [3.63, 3.8) is 0 Å². The highest BCUT2D eigenvalue weighted by molar-refractivity contribution is 9.10. The molecule has 0 heterocycles. The van der Waals surface area contributed by atoms with Gasteiger partial charge >= 0.3 is 0 Å². The summed E-state index contributed by atoms with van der Waals surface area (Å²) in [4.78, 5) is 10.1. The number of nitro benzene ring substituents is 1. The number of nitrogens with one attached hydrogen (secondary N) is 1. The Labute approximate surface area is 93.8 Å². The lowest BCUT2D eigenvalue weighted by Crippen LogP contribution is -2.04. The first-order chi connectivity index (χ1) is 7.08. The van der Waals surface area contributed by atoms with Crippen LogP contribution >= 0.6 is 15.9 Å². The van der Waals surface area contributed by atoms with Crippen LogP contribution < -0.4 is 5.32 Å². The monoisotopic (exact) mass is 274 g/mol. The van der Waals surface area contributed by atoms with Crippen molar-refractivity contribution < 1.29 is 9.31 Å². The molecule has 2 rings (SSSR count). The number of hydrogen-bond donors (Lipinski definition) is 1. The van der Waals surface area contributed by atoms with Gasteiger partial charge in [-0.05, 0) is 34.8 Å². The fourth-order valence-corrected chi connectivity index (χ4v) is 1.59. The SMILES string of the molecule is O=[N+]([O-])c1cc(F)c(Br)cc1NC1CC1. The molecule has 15 heavy (non-hydrogen) atoms. The third-order valence-electron chi connectivity index (χ3n) is 2.17. The van der Waals surface area contributed by atoms with Crippen molar-refractivity contribution in [2.45, 2.75) is 18.9 Å². The molecule has 1 aromatic rings. The molecule has 0 atom stereocenters. The van der Waals surface area contributed by atoms with Gasteiger partial charge in [-0.2, -0.15) is 0 Å². The smallest absolute Gasteiger partial charge is 0.295 e. The summed E-state index contributed by atoms with van der Waals surface area (Å²) in [6, 6.07) is 2.63. The quantitative estimate of drug-likeness (QED) is 0.681. The Bertz CT molecular complexity index is 421. The predicted octanol–water partition coefficient (Wildman–Crippen LogP) is 3.07. The number of benzene rings is 1. The first kappa shape index (κ1) is 10.4. The van der Waals surface area contributed by atoms with Gasteiger partial charge in [-0.15, -0.1) is 0 Å². The van der Waals surface area contributed by atoms with Crippen molar-refractivity contribution in [1.82, 2.24) is 0 Å². The van der Waals surface area contributed by atoms with Crippen LogP contribution in [-0.2, 0) is 0 Å². The summed E-state index contributed by atoms with van der Waals surface area (Å²) in [6.07, 6.45) is 2.01. The van der Waals surface area contributed by atoms with E-state index in [-0.39, 0.29) is 10.2 Å². The normalized spacial score (nSPS) is 15.1. The Hall–Kier alpha value is -1.17. The topological polar surface area (TPSA) is 55.2 Å². The number of halogens is 2. The molecule has 0 amide bonds. The minimum absolute atomic E-state index is 0.220. The van der Waals surface area contributed by atoms with Crippen molar-refractivity contribution in [3.05, 3.63) is 32.5 Å². The second-order valence-electron chi connectivity index (χ2n) is 3.46. The van der Waals surface area contributed by atoms with Crippen LogP contribution in [0.2, 0.25) is 0 Å². The molecule has 0 saturated heterocycles. The molecule has 1 fully saturated rings. The third-order valence-corrected chi connectivity index (χ3v) is 2.78. The number of nitro groups is 1. The molecule has 1 N–H and O–H groups in total. The predicted molar refractivity (Wildman–Crippen MR) is 57.4 cm³/mol. The fraction of sp³-hybridized carbons (Fsp3) is 0.333. The first-order valence-corrected chi connectivity index (χ1v) is 5.27. The number of hydrogen-bond acceptors (Lipinski definition) is 3. The maximum Gasteiger partial charge on any atom is 0.295 e. The van der Waals surface area contributed by atoms with Crippen molar-refractivity contribution in [3.8, 4) is 0 Å². The Morgan fingerprint density at radius 2 is 2.20 bits per heavy atom. The van der Waals surface area contributed by atoms with Crippen molar-refractivity contribution in [2.24, 2.45) is 0 Å². The van der Waals surface area contributed by atoms with Gasteiger partial charge in [-0.1, -0.05) is 0 Å². The van der Waals surface area contributed by atoms with E-state index in [2.05, 4.69) is 21.2 Å². The zero-order chi connectivity index (χ0) is 11.0. The Morgan fingerprint density at radius 3 is 2.73 bits per heavy atom. The van der Waals surface area contributed by atoms with Gasteiger partial charge in [0.1, 0.15) is 11.5 Å². The van der Waals surface area contributed by atoms with Crippen LogP contribution in [-0.4, -0.2) is 11.0 Å². The molecule has 0 unspecified atom stereocenters. The molecule has 0 aromatic heterocycles. The first-order valence-electron chi connectivity index (χ1n) is 4.48. The molecule has 80 valence electrons. The summed E-state index contributed by atoms with van der Waals surface area (Å²) in [7, 11) is 0. The van der Waals surface area contributed by atoms with E-state index in [1.807, 2.05) is 0 Å². The minimum atomic E-state index is -0.622. The van der Waals surface area contributed by atoms with Crippen LogP contribution in [0.5, 0.6) is 0 Å². The highest BCUT2D eigenvalue weighted by Crippen LogP contribution is 2.34. The van der Waals surface area contributed by atoms with Gasteiger partial charge in [0.2, 0.25) is 0 Å². The Kier molecular flexibility index (Phi) is 2.60.